The summed E-state index contributed by atoms with van der Waals surface area (Å²) in [6, 6.07) is 7.06. The number of carboxylic acids is 1. The Balaban J connectivity index is 2.59. The zero-order chi connectivity index (χ0) is 13.8. The average Bonchev–Trinajstić information content (AvgIpc) is 2.13. The van der Waals surface area contributed by atoms with Crippen LogP contribution in [0.1, 0.15) is 25.8 Å². The number of carbonyl (C=O) groups excluding carboxylic acids is 1. The van der Waals surface area contributed by atoms with Crippen LogP contribution < -0.4 is 11.1 Å². The maximum absolute atomic E-state index is 11.8. The van der Waals surface area contributed by atoms with Crippen molar-refractivity contribution in [2.24, 2.45) is 0 Å². The summed E-state index contributed by atoms with van der Waals surface area (Å²) < 4.78 is 0. The second-order valence-corrected chi connectivity index (χ2v) is 4.92. The first-order valence-corrected chi connectivity index (χ1v) is 5.66. The summed E-state index contributed by atoms with van der Waals surface area (Å²) in [7, 11) is 0. The number of nitrogens with two attached hydrogens (primary N) is 1. The predicted octanol–water partition coefficient (Wildman–Crippen LogP) is 1.18. The quantitative estimate of drug-likeness (QED) is 0.684. The van der Waals surface area contributed by atoms with E-state index >= 15 is 0 Å². The van der Waals surface area contributed by atoms with E-state index in [0.29, 0.717) is 5.69 Å². The minimum atomic E-state index is -0.941. The van der Waals surface area contributed by atoms with Crippen molar-refractivity contribution in [1.29, 1.82) is 0 Å². The van der Waals surface area contributed by atoms with Gasteiger partial charge in [0, 0.05) is 11.2 Å². The summed E-state index contributed by atoms with van der Waals surface area (Å²) in [6.45, 7) is 3.36. The average molecular weight is 250 g/mol. The SMILES string of the molecule is CC(C)(CC(=O)O)NC(=O)Cc1cccc(N)c1. The molecule has 1 amide bonds. The molecule has 0 aliphatic heterocycles. The first kappa shape index (κ1) is 14.0. The third-order valence-electron chi connectivity index (χ3n) is 2.39. The summed E-state index contributed by atoms with van der Waals surface area (Å²) in [5.41, 5.74) is 6.26. The van der Waals surface area contributed by atoms with Crippen LogP contribution in [-0.2, 0) is 16.0 Å². The smallest absolute Gasteiger partial charge is 0.305 e. The summed E-state index contributed by atoms with van der Waals surface area (Å²) >= 11 is 0. The van der Waals surface area contributed by atoms with Crippen LogP contribution in [0.25, 0.3) is 0 Å². The number of carbonyl (C=O) groups is 2. The van der Waals surface area contributed by atoms with Crippen LogP contribution in [0.2, 0.25) is 0 Å². The molecule has 0 fully saturated rings. The van der Waals surface area contributed by atoms with Gasteiger partial charge >= 0.3 is 5.97 Å². The molecule has 0 saturated carbocycles. The van der Waals surface area contributed by atoms with E-state index in [-0.39, 0.29) is 18.7 Å². The van der Waals surface area contributed by atoms with E-state index in [4.69, 9.17) is 10.8 Å². The molecule has 0 atom stereocenters. The second-order valence-electron chi connectivity index (χ2n) is 4.92. The van der Waals surface area contributed by atoms with Gasteiger partial charge in [-0.2, -0.15) is 0 Å². The molecule has 1 rings (SSSR count). The van der Waals surface area contributed by atoms with Crippen LogP contribution in [0.4, 0.5) is 5.69 Å². The monoisotopic (exact) mass is 250 g/mol. The highest BCUT2D eigenvalue weighted by atomic mass is 16.4. The van der Waals surface area contributed by atoms with Gasteiger partial charge in [-0.15, -0.1) is 0 Å². The molecule has 0 spiro atoms. The Morgan fingerprint density at radius 3 is 2.61 bits per heavy atom. The Morgan fingerprint density at radius 1 is 1.39 bits per heavy atom. The van der Waals surface area contributed by atoms with Crippen molar-refractivity contribution in [2.45, 2.75) is 32.2 Å². The van der Waals surface area contributed by atoms with Crippen LogP contribution in [0.15, 0.2) is 24.3 Å². The lowest BCUT2D eigenvalue weighted by Gasteiger charge is -2.24. The van der Waals surface area contributed by atoms with Gasteiger partial charge in [-0.05, 0) is 31.5 Å². The molecule has 0 bridgehead atoms. The maximum Gasteiger partial charge on any atom is 0.305 e. The summed E-state index contributed by atoms with van der Waals surface area (Å²) in [5, 5.41) is 11.4. The van der Waals surface area contributed by atoms with Gasteiger partial charge in [-0.3, -0.25) is 9.59 Å². The van der Waals surface area contributed by atoms with E-state index in [1.165, 1.54) is 0 Å². The number of nitrogen functional groups attached to an aromatic ring is 1. The van der Waals surface area contributed by atoms with Crippen molar-refractivity contribution >= 4 is 17.6 Å². The first-order valence-electron chi connectivity index (χ1n) is 5.66. The Morgan fingerprint density at radius 2 is 2.06 bits per heavy atom. The minimum absolute atomic E-state index is 0.115. The van der Waals surface area contributed by atoms with Crippen molar-refractivity contribution in [3.8, 4) is 0 Å². The van der Waals surface area contributed by atoms with E-state index in [9.17, 15) is 9.59 Å². The van der Waals surface area contributed by atoms with Gasteiger partial charge in [0.1, 0.15) is 0 Å². The van der Waals surface area contributed by atoms with E-state index < -0.39 is 11.5 Å². The fourth-order valence-corrected chi connectivity index (χ4v) is 1.73. The first-order chi connectivity index (χ1) is 8.28. The van der Waals surface area contributed by atoms with Crippen molar-refractivity contribution in [1.82, 2.24) is 5.32 Å². The van der Waals surface area contributed by atoms with Gasteiger partial charge in [0.2, 0.25) is 5.91 Å². The molecule has 5 nitrogen and oxygen atoms in total. The fourth-order valence-electron chi connectivity index (χ4n) is 1.73. The lowest BCUT2D eigenvalue weighted by molar-refractivity contribution is -0.138. The van der Waals surface area contributed by atoms with Crippen molar-refractivity contribution in [3.05, 3.63) is 29.8 Å². The number of aliphatic carboxylic acids is 1. The number of benzene rings is 1. The largest absolute Gasteiger partial charge is 0.481 e. The molecule has 0 radical (unpaired) electrons. The fraction of sp³-hybridized carbons (Fsp3) is 0.385. The summed E-state index contributed by atoms with van der Waals surface area (Å²) in [6.07, 6.45) is 0.0732. The topological polar surface area (TPSA) is 92.4 Å². The lowest BCUT2D eigenvalue weighted by Crippen LogP contribution is -2.45. The number of amides is 1. The molecular weight excluding hydrogens is 232 g/mol. The van der Waals surface area contributed by atoms with Crippen LogP contribution in [0.5, 0.6) is 0 Å². The van der Waals surface area contributed by atoms with E-state index in [1.54, 1.807) is 38.1 Å². The van der Waals surface area contributed by atoms with E-state index in [0.717, 1.165) is 5.56 Å². The third-order valence-corrected chi connectivity index (χ3v) is 2.39. The maximum atomic E-state index is 11.8. The van der Waals surface area contributed by atoms with Gasteiger partial charge in [-0.25, -0.2) is 0 Å². The molecule has 0 heterocycles. The predicted molar refractivity (Wildman–Crippen MR) is 69.0 cm³/mol. The molecule has 1 aromatic rings. The van der Waals surface area contributed by atoms with Gasteiger partial charge < -0.3 is 16.2 Å². The molecule has 4 N–H and O–H groups in total. The zero-order valence-corrected chi connectivity index (χ0v) is 10.6. The number of carboxylic acid groups (broad SMARTS) is 1. The van der Waals surface area contributed by atoms with Crippen molar-refractivity contribution < 1.29 is 14.7 Å². The molecule has 0 aliphatic rings. The van der Waals surface area contributed by atoms with Gasteiger partial charge in [0.25, 0.3) is 0 Å². The third kappa shape index (κ3) is 4.86. The van der Waals surface area contributed by atoms with Crippen LogP contribution >= 0.6 is 0 Å². The van der Waals surface area contributed by atoms with Crippen LogP contribution in [0.3, 0.4) is 0 Å². The Labute approximate surface area is 106 Å². The highest BCUT2D eigenvalue weighted by Crippen LogP contribution is 2.10. The highest BCUT2D eigenvalue weighted by molar-refractivity contribution is 5.80. The lowest BCUT2D eigenvalue weighted by atomic mass is 10.00. The molecule has 0 saturated heterocycles. The van der Waals surface area contributed by atoms with Gasteiger partial charge in [-0.1, -0.05) is 12.1 Å². The normalized spacial score (nSPS) is 11.0. The van der Waals surface area contributed by atoms with Crippen molar-refractivity contribution in [3.63, 3.8) is 0 Å². The number of nitrogens with one attached hydrogen (secondary N) is 1. The zero-order valence-electron chi connectivity index (χ0n) is 10.6. The highest BCUT2D eigenvalue weighted by Gasteiger charge is 2.23. The Hall–Kier alpha value is -2.04. The second kappa shape index (κ2) is 5.53. The molecule has 18 heavy (non-hydrogen) atoms. The van der Waals surface area contributed by atoms with Gasteiger partial charge in [0.15, 0.2) is 0 Å². The minimum Gasteiger partial charge on any atom is -0.481 e. The number of anilines is 1. The standard InChI is InChI=1S/C13H18N2O3/c1-13(2,8-12(17)18)15-11(16)7-9-4-3-5-10(14)6-9/h3-6H,7-8,14H2,1-2H3,(H,15,16)(H,17,18). The van der Waals surface area contributed by atoms with Crippen LogP contribution in [-0.4, -0.2) is 22.5 Å². The molecular formula is C13H18N2O3. The summed E-state index contributed by atoms with van der Waals surface area (Å²) in [5.74, 6) is -1.16. The molecule has 0 unspecified atom stereocenters. The molecule has 0 aliphatic carbocycles. The number of rotatable bonds is 5. The molecule has 98 valence electrons. The number of hydrogen-bond donors (Lipinski definition) is 3. The Bertz CT molecular complexity index is 455. The van der Waals surface area contributed by atoms with E-state index in [2.05, 4.69) is 5.32 Å². The van der Waals surface area contributed by atoms with Gasteiger partial charge in [0.05, 0.1) is 12.8 Å². The molecule has 1 aromatic carbocycles. The van der Waals surface area contributed by atoms with Crippen LogP contribution in [0, 0.1) is 0 Å². The summed E-state index contributed by atoms with van der Waals surface area (Å²) in [4.78, 5) is 22.4. The van der Waals surface area contributed by atoms with E-state index in [1.807, 2.05) is 0 Å². The Kier molecular flexibility index (Phi) is 4.31. The van der Waals surface area contributed by atoms with Crippen molar-refractivity contribution in [2.75, 3.05) is 5.73 Å². The molecule has 0 aromatic heterocycles. The number of hydrogen-bond acceptors (Lipinski definition) is 3. The molecule has 5 heteroatoms.